The normalized spacial score (nSPS) is 11.6. The van der Waals surface area contributed by atoms with Crippen molar-refractivity contribution in [2.24, 2.45) is 0 Å². The van der Waals surface area contributed by atoms with E-state index in [1.54, 1.807) is 16.6 Å². The molecule has 3 aromatic heterocycles. The second-order valence-corrected chi connectivity index (χ2v) is 8.47. The zero-order valence-corrected chi connectivity index (χ0v) is 17.9. The summed E-state index contributed by atoms with van der Waals surface area (Å²) in [5.41, 5.74) is 6.42. The van der Waals surface area contributed by atoms with Crippen LogP contribution in [0, 0.1) is 19.7 Å². The van der Waals surface area contributed by atoms with Gasteiger partial charge in [-0.25, -0.2) is 8.91 Å². The predicted molar refractivity (Wildman–Crippen MR) is 118 cm³/mol. The minimum absolute atomic E-state index is 0.319. The molecule has 2 aromatic carbocycles. The van der Waals surface area contributed by atoms with E-state index in [0.717, 1.165) is 16.8 Å². The summed E-state index contributed by atoms with van der Waals surface area (Å²) in [5, 5.41) is 14.4. The van der Waals surface area contributed by atoms with Crippen molar-refractivity contribution in [2.75, 3.05) is 0 Å². The summed E-state index contributed by atoms with van der Waals surface area (Å²) in [6.07, 6.45) is 3.74. The smallest absolute Gasteiger partial charge is 0.196 e. The first-order chi connectivity index (χ1) is 14.5. The fourth-order valence-corrected chi connectivity index (χ4v) is 4.60. The number of benzene rings is 2. The molecule has 0 aliphatic rings. The third-order valence-electron chi connectivity index (χ3n) is 5.20. The SMILES string of the molecule is Cc1ccc(-c2cc3c4nnc(SCc5c(F)cccc5Cl)n4ccn3n2)cc1C. The van der Waals surface area contributed by atoms with E-state index in [1.807, 2.05) is 22.9 Å². The number of aryl methyl sites for hydroxylation is 2. The Balaban J connectivity index is 1.51. The van der Waals surface area contributed by atoms with Gasteiger partial charge in [-0.1, -0.05) is 41.6 Å². The molecule has 150 valence electrons. The molecule has 0 aliphatic carbocycles. The number of hydrogen-bond donors (Lipinski definition) is 0. The zero-order chi connectivity index (χ0) is 20.8. The van der Waals surface area contributed by atoms with E-state index in [1.165, 1.54) is 29.0 Å². The van der Waals surface area contributed by atoms with Crippen molar-refractivity contribution in [1.82, 2.24) is 24.2 Å². The average molecular weight is 438 g/mol. The van der Waals surface area contributed by atoms with Crippen molar-refractivity contribution >= 4 is 34.5 Å². The summed E-state index contributed by atoms with van der Waals surface area (Å²) >= 11 is 7.53. The monoisotopic (exact) mass is 437 g/mol. The molecule has 0 amide bonds. The van der Waals surface area contributed by atoms with Gasteiger partial charge in [0.1, 0.15) is 11.3 Å². The summed E-state index contributed by atoms with van der Waals surface area (Å²) in [4.78, 5) is 0. The number of aromatic nitrogens is 5. The highest BCUT2D eigenvalue weighted by atomic mass is 35.5. The molecule has 5 aromatic rings. The highest BCUT2D eigenvalue weighted by Gasteiger charge is 2.15. The van der Waals surface area contributed by atoms with E-state index in [-0.39, 0.29) is 5.82 Å². The Morgan fingerprint density at radius 1 is 1.03 bits per heavy atom. The molecule has 0 saturated carbocycles. The van der Waals surface area contributed by atoms with Crippen LogP contribution >= 0.6 is 23.4 Å². The molecule has 0 unspecified atom stereocenters. The Morgan fingerprint density at radius 3 is 2.70 bits per heavy atom. The minimum atomic E-state index is -0.319. The fourth-order valence-electron chi connectivity index (χ4n) is 3.34. The number of halogens is 2. The van der Waals surface area contributed by atoms with Gasteiger partial charge >= 0.3 is 0 Å². The Bertz CT molecular complexity index is 1390. The van der Waals surface area contributed by atoms with Crippen LogP contribution in [0.4, 0.5) is 4.39 Å². The third kappa shape index (κ3) is 3.24. The maximum Gasteiger partial charge on any atom is 0.196 e. The van der Waals surface area contributed by atoms with Gasteiger partial charge in [-0.2, -0.15) is 5.10 Å². The van der Waals surface area contributed by atoms with Gasteiger partial charge in [0.25, 0.3) is 0 Å². The predicted octanol–water partition coefficient (Wildman–Crippen LogP) is 5.75. The summed E-state index contributed by atoms with van der Waals surface area (Å²) in [6, 6.07) is 13.0. The van der Waals surface area contributed by atoms with E-state index in [4.69, 9.17) is 16.7 Å². The second kappa shape index (κ2) is 7.41. The van der Waals surface area contributed by atoms with E-state index < -0.39 is 0 Å². The molecule has 5 nitrogen and oxygen atoms in total. The van der Waals surface area contributed by atoms with Gasteiger partial charge < -0.3 is 0 Å². The minimum Gasteiger partial charge on any atom is -0.274 e. The number of nitrogens with zero attached hydrogens (tertiary/aromatic N) is 5. The first kappa shape index (κ1) is 19.1. The van der Waals surface area contributed by atoms with Crippen LogP contribution in [0.1, 0.15) is 16.7 Å². The molecule has 0 saturated heterocycles. The molecule has 8 heteroatoms. The zero-order valence-electron chi connectivity index (χ0n) is 16.3. The Labute approximate surface area is 181 Å². The Morgan fingerprint density at radius 2 is 1.90 bits per heavy atom. The van der Waals surface area contributed by atoms with Gasteiger partial charge in [-0.3, -0.25) is 4.40 Å². The molecule has 0 radical (unpaired) electrons. The maximum atomic E-state index is 14.1. The van der Waals surface area contributed by atoms with Crippen LogP contribution in [0.15, 0.2) is 60.0 Å². The molecular weight excluding hydrogens is 421 g/mol. The Hall–Kier alpha value is -2.90. The van der Waals surface area contributed by atoms with Gasteiger partial charge in [0.2, 0.25) is 0 Å². The van der Waals surface area contributed by atoms with Gasteiger partial charge in [-0.15, -0.1) is 10.2 Å². The number of hydrogen-bond acceptors (Lipinski definition) is 4. The molecule has 0 spiro atoms. The van der Waals surface area contributed by atoms with E-state index >= 15 is 0 Å². The summed E-state index contributed by atoms with van der Waals surface area (Å²) in [5.74, 6) is 0.0463. The largest absolute Gasteiger partial charge is 0.274 e. The van der Waals surface area contributed by atoms with E-state index in [0.29, 0.717) is 27.1 Å². The third-order valence-corrected chi connectivity index (χ3v) is 6.52. The van der Waals surface area contributed by atoms with Gasteiger partial charge in [0.15, 0.2) is 10.8 Å². The van der Waals surface area contributed by atoms with E-state index in [2.05, 4.69) is 42.2 Å². The van der Waals surface area contributed by atoms with Crippen LogP contribution < -0.4 is 0 Å². The van der Waals surface area contributed by atoms with Crippen LogP contribution in [-0.2, 0) is 5.75 Å². The molecular formula is C22H17ClFN5S. The fraction of sp³-hybridized carbons (Fsp3) is 0.136. The number of thioether (sulfide) groups is 1. The molecule has 0 N–H and O–H groups in total. The second-order valence-electron chi connectivity index (χ2n) is 7.12. The molecule has 0 atom stereocenters. The van der Waals surface area contributed by atoms with E-state index in [9.17, 15) is 4.39 Å². The molecule has 3 heterocycles. The van der Waals surface area contributed by atoms with Crippen LogP contribution in [0.25, 0.3) is 22.4 Å². The first-order valence-electron chi connectivity index (χ1n) is 9.38. The van der Waals surface area contributed by atoms with Crippen LogP contribution in [-0.4, -0.2) is 24.2 Å². The van der Waals surface area contributed by atoms with Crippen LogP contribution in [0.3, 0.4) is 0 Å². The molecule has 0 aliphatic heterocycles. The molecule has 0 fully saturated rings. The van der Waals surface area contributed by atoms with Crippen LogP contribution in [0.5, 0.6) is 0 Å². The van der Waals surface area contributed by atoms with Crippen molar-refractivity contribution < 1.29 is 4.39 Å². The molecule has 5 rings (SSSR count). The lowest BCUT2D eigenvalue weighted by Gasteiger charge is -2.04. The molecule has 0 bridgehead atoms. The highest BCUT2D eigenvalue weighted by molar-refractivity contribution is 7.98. The van der Waals surface area contributed by atoms with Gasteiger partial charge in [0.05, 0.1) is 5.69 Å². The topological polar surface area (TPSA) is 47.5 Å². The lowest BCUT2D eigenvalue weighted by atomic mass is 10.0. The number of rotatable bonds is 4. The van der Waals surface area contributed by atoms with Crippen molar-refractivity contribution in [1.29, 1.82) is 0 Å². The summed E-state index contributed by atoms with van der Waals surface area (Å²) in [7, 11) is 0. The lowest BCUT2D eigenvalue weighted by Crippen LogP contribution is -1.95. The lowest BCUT2D eigenvalue weighted by molar-refractivity contribution is 0.617. The maximum absolute atomic E-state index is 14.1. The standard InChI is InChI=1S/C22H17ClFN5S/c1-13-6-7-15(10-14(13)2)19-11-20-21-25-26-22(28(21)8-9-29(20)27-19)30-12-16-17(23)4-3-5-18(16)24/h3-11H,12H2,1-2H3. The van der Waals surface area contributed by atoms with Crippen molar-refractivity contribution in [2.45, 2.75) is 24.8 Å². The van der Waals surface area contributed by atoms with Crippen molar-refractivity contribution in [3.05, 3.63) is 82.4 Å². The quantitative estimate of drug-likeness (QED) is 0.336. The first-order valence-corrected chi connectivity index (χ1v) is 10.7. The van der Waals surface area contributed by atoms with Crippen LogP contribution in [0.2, 0.25) is 5.02 Å². The van der Waals surface area contributed by atoms with Gasteiger partial charge in [-0.05, 0) is 49.2 Å². The number of fused-ring (bicyclic) bond motifs is 3. The van der Waals surface area contributed by atoms with Crippen molar-refractivity contribution in [3.63, 3.8) is 0 Å². The highest BCUT2D eigenvalue weighted by Crippen LogP contribution is 2.29. The summed E-state index contributed by atoms with van der Waals surface area (Å²) in [6.45, 7) is 4.19. The average Bonchev–Trinajstić information content (AvgIpc) is 3.33. The van der Waals surface area contributed by atoms with Crippen molar-refractivity contribution in [3.8, 4) is 11.3 Å². The van der Waals surface area contributed by atoms with Gasteiger partial charge in [0, 0.05) is 34.3 Å². The summed E-state index contributed by atoms with van der Waals surface area (Å²) < 4.78 is 17.8. The Kier molecular flexibility index (Phi) is 4.72. The molecule has 30 heavy (non-hydrogen) atoms.